The molecule has 0 fully saturated rings. The smallest absolute Gasteiger partial charge is 0.313 e. The van der Waals surface area contributed by atoms with Crippen LogP contribution in [-0.2, 0) is 19.9 Å². The van der Waals surface area contributed by atoms with Crippen molar-refractivity contribution in [2.24, 2.45) is 0 Å². The van der Waals surface area contributed by atoms with Crippen LogP contribution in [0.25, 0.3) is 0 Å². The number of amides is 2. The highest BCUT2D eigenvalue weighted by molar-refractivity contribution is 6.39. The summed E-state index contributed by atoms with van der Waals surface area (Å²) < 4.78 is 19.4. The van der Waals surface area contributed by atoms with E-state index in [2.05, 4.69) is 10.6 Å². The molecule has 0 spiro atoms. The molecule has 1 atom stereocenters. The molecule has 0 radical (unpaired) electrons. The molecule has 1 unspecified atom stereocenters. The summed E-state index contributed by atoms with van der Waals surface area (Å²) in [5.41, 5.74) is 0.704. The minimum absolute atomic E-state index is 0.0511. The molecule has 132 valence electrons. The van der Waals surface area contributed by atoms with E-state index in [1.807, 2.05) is 13.0 Å². The number of carbonyl (C=O) groups is 2. The van der Waals surface area contributed by atoms with Gasteiger partial charge in [-0.2, -0.15) is 0 Å². The number of methoxy groups -OCH3 is 1. The largest absolute Gasteiger partial charge is 0.372 e. The van der Waals surface area contributed by atoms with E-state index in [9.17, 15) is 14.0 Å². The molecule has 2 amide bonds. The van der Waals surface area contributed by atoms with Gasteiger partial charge in [0.15, 0.2) is 0 Å². The standard InChI is InChI=1S/C19H21FN2O3/c1-13-7-6-8-14(11-13)22-18(24)17(23)21-12-19(2,25-3)15-9-4-5-10-16(15)20/h4-11H,12H2,1-3H3,(H,21,23)(H,22,24). The molecule has 0 aliphatic heterocycles. The number of halogens is 1. The average molecular weight is 344 g/mol. The molecule has 2 aromatic rings. The van der Waals surface area contributed by atoms with Gasteiger partial charge in [-0.25, -0.2) is 4.39 Å². The van der Waals surface area contributed by atoms with Crippen LogP contribution in [0, 0.1) is 12.7 Å². The van der Waals surface area contributed by atoms with E-state index in [0.717, 1.165) is 5.56 Å². The van der Waals surface area contributed by atoms with Crippen molar-refractivity contribution >= 4 is 17.5 Å². The maximum Gasteiger partial charge on any atom is 0.313 e. The molecule has 0 saturated heterocycles. The molecule has 0 bridgehead atoms. The third kappa shape index (κ3) is 4.64. The Morgan fingerprint density at radius 3 is 2.48 bits per heavy atom. The van der Waals surface area contributed by atoms with Crippen LogP contribution in [0.3, 0.4) is 0 Å². The number of aryl methyl sites for hydroxylation is 1. The number of hydrogen-bond donors (Lipinski definition) is 2. The Morgan fingerprint density at radius 2 is 1.84 bits per heavy atom. The van der Waals surface area contributed by atoms with E-state index in [4.69, 9.17) is 4.74 Å². The number of carbonyl (C=O) groups excluding carboxylic acids is 2. The summed E-state index contributed by atoms with van der Waals surface area (Å²) in [5, 5.41) is 5.01. The predicted molar refractivity (Wildman–Crippen MR) is 93.6 cm³/mol. The Kier molecular flexibility index (Phi) is 5.88. The second-order valence-corrected chi connectivity index (χ2v) is 5.92. The van der Waals surface area contributed by atoms with Crippen LogP contribution < -0.4 is 10.6 Å². The molecule has 25 heavy (non-hydrogen) atoms. The van der Waals surface area contributed by atoms with Gasteiger partial charge >= 0.3 is 11.8 Å². The number of ether oxygens (including phenoxy) is 1. The maximum absolute atomic E-state index is 14.0. The van der Waals surface area contributed by atoms with Gasteiger partial charge in [0, 0.05) is 18.4 Å². The van der Waals surface area contributed by atoms with Gasteiger partial charge in [-0.1, -0.05) is 30.3 Å². The molecule has 6 heteroatoms. The van der Waals surface area contributed by atoms with Gasteiger partial charge in [0.2, 0.25) is 0 Å². The average Bonchev–Trinajstić information content (AvgIpc) is 2.59. The van der Waals surface area contributed by atoms with Gasteiger partial charge in [0.25, 0.3) is 0 Å². The number of hydrogen-bond acceptors (Lipinski definition) is 3. The lowest BCUT2D eigenvalue weighted by Gasteiger charge is -2.29. The number of benzene rings is 2. The van der Waals surface area contributed by atoms with Gasteiger partial charge < -0.3 is 15.4 Å². The fraction of sp³-hybridized carbons (Fsp3) is 0.263. The quantitative estimate of drug-likeness (QED) is 0.820. The summed E-state index contributed by atoms with van der Waals surface area (Å²) in [6, 6.07) is 13.3. The first-order valence-corrected chi connectivity index (χ1v) is 7.82. The summed E-state index contributed by atoms with van der Waals surface area (Å²) >= 11 is 0. The third-order valence-electron chi connectivity index (χ3n) is 3.96. The second-order valence-electron chi connectivity index (χ2n) is 5.92. The first kappa shape index (κ1) is 18.6. The van der Waals surface area contributed by atoms with Crippen molar-refractivity contribution in [2.45, 2.75) is 19.4 Å². The van der Waals surface area contributed by atoms with Crippen LogP contribution in [0.15, 0.2) is 48.5 Å². The first-order valence-electron chi connectivity index (χ1n) is 7.82. The SMILES string of the molecule is COC(C)(CNC(=O)C(=O)Nc1cccc(C)c1)c1ccccc1F. The lowest BCUT2D eigenvalue weighted by Crippen LogP contribution is -2.44. The van der Waals surface area contributed by atoms with Crippen molar-refractivity contribution in [1.29, 1.82) is 0 Å². The van der Waals surface area contributed by atoms with Crippen molar-refractivity contribution < 1.29 is 18.7 Å². The lowest BCUT2D eigenvalue weighted by molar-refractivity contribution is -0.137. The highest BCUT2D eigenvalue weighted by Crippen LogP contribution is 2.26. The Hall–Kier alpha value is -2.73. The monoisotopic (exact) mass is 344 g/mol. The highest BCUT2D eigenvalue weighted by atomic mass is 19.1. The Bertz CT molecular complexity index is 779. The fourth-order valence-corrected chi connectivity index (χ4v) is 2.41. The first-order chi connectivity index (χ1) is 11.9. The predicted octanol–water partition coefficient (Wildman–Crippen LogP) is 2.75. The van der Waals surface area contributed by atoms with E-state index in [1.54, 1.807) is 43.3 Å². The molecule has 0 aromatic heterocycles. The fourth-order valence-electron chi connectivity index (χ4n) is 2.41. The molecule has 0 aliphatic rings. The summed E-state index contributed by atoms with van der Waals surface area (Å²) in [7, 11) is 1.42. The molecule has 0 heterocycles. The van der Waals surface area contributed by atoms with Crippen molar-refractivity contribution in [1.82, 2.24) is 5.32 Å². The van der Waals surface area contributed by atoms with Crippen molar-refractivity contribution in [3.8, 4) is 0 Å². The van der Waals surface area contributed by atoms with Crippen LogP contribution in [0.2, 0.25) is 0 Å². The normalized spacial score (nSPS) is 13.0. The van der Waals surface area contributed by atoms with Crippen LogP contribution in [-0.4, -0.2) is 25.5 Å². The molecule has 2 aromatic carbocycles. The zero-order valence-corrected chi connectivity index (χ0v) is 14.4. The highest BCUT2D eigenvalue weighted by Gasteiger charge is 2.30. The Morgan fingerprint density at radius 1 is 1.12 bits per heavy atom. The number of rotatable bonds is 5. The van der Waals surface area contributed by atoms with Crippen LogP contribution in [0.1, 0.15) is 18.1 Å². The Labute approximate surface area is 146 Å². The van der Waals surface area contributed by atoms with Gasteiger partial charge in [0.1, 0.15) is 11.4 Å². The van der Waals surface area contributed by atoms with E-state index in [1.165, 1.54) is 13.2 Å². The second kappa shape index (κ2) is 7.90. The van der Waals surface area contributed by atoms with Crippen molar-refractivity contribution in [3.63, 3.8) is 0 Å². The zero-order valence-electron chi connectivity index (χ0n) is 14.4. The van der Waals surface area contributed by atoms with Crippen molar-refractivity contribution in [3.05, 3.63) is 65.5 Å². The van der Waals surface area contributed by atoms with E-state index >= 15 is 0 Å². The Balaban J connectivity index is 2.02. The molecule has 0 saturated carbocycles. The summed E-state index contributed by atoms with van der Waals surface area (Å²) in [5.74, 6) is -2.05. The van der Waals surface area contributed by atoms with Gasteiger partial charge in [-0.05, 0) is 37.6 Å². The molecular formula is C19H21FN2O3. The van der Waals surface area contributed by atoms with Gasteiger partial charge in [-0.3, -0.25) is 9.59 Å². The van der Waals surface area contributed by atoms with Gasteiger partial charge in [0.05, 0.1) is 6.54 Å². The van der Waals surface area contributed by atoms with Crippen LogP contribution in [0.5, 0.6) is 0 Å². The summed E-state index contributed by atoms with van der Waals surface area (Å²) in [6.07, 6.45) is 0. The van der Waals surface area contributed by atoms with E-state index < -0.39 is 23.2 Å². The van der Waals surface area contributed by atoms with Crippen LogP contribution in [0.4, 0.5) is 10.1 Å². The third-order valence-corrected chi connectivity index (χ3v) is 3.96. The minimum atomic E-state index is -1.09. The van der Waals surface area contributed by atoms with Gasteiger partial charge in [-0.15, -0.1) is 0 Å². The lowest BCUT2D eigenvalue weighted by atomic mass is 9.95. The zero-order chi connectivity index (χ0) is 18.4. The molecule has 5 nitrogen and oxygen atoms in total. The topological polar surface area (TPSA) is 67.4 Å². The summed E-state index contributed by atoms with van der Waals surface area (Å²) in [4.78, 5) is 24.0. The van der Waals surface area contributed by atoms with E-state index in [0.29, 0.717) is 11.3 Å². The number of nitrogens with one attached hydrogen (secondary N) is 2. The number of anilines is 1. The maximum atomic E-state index is 14.0. The van der Waals surface area contributed by atoms with Crippen LogP contribution >= 0.6 is 0 Å². The summed E-state index contributed by atoms with van der Waals surface area (Å²) in [6.45, 7) is 3.48. The minimum Gasteiger partial charge on any atom is -0.372 e. The molecule has 2 N–H and O–H groups in total. The molecule has 2 rings (SSSR count). The molecular weight excluding hydrogens is 323 g/mol. The van der Waals surface area contributed by atoms with Crippen molar-refractivity contribution in [2.75, 3.05) is 19.0 Å². The molecule has 0 aliphatic carbocycles. The van der Waals surface area contributed by atoms with E-state index in [-0.39, 0.29) is 6.54 Å².